The Bertz CT molecular complexity index is 854. The molecule has 28 heavy (non-hydrogen) atoms. The first kappa shape index (κ1) is 20.8. The van der Waals surface area contributed by atoms with Gasteiger partial charge in [0.1, 0.15) is 5.01 Å². The van der Waals surface area contributed by atoms with E-state index < -0.39 is 6.80 Å². The average Bonchev–Trinajstić information content (AvgIpc) is 3.24. The molecule has 0 saturated carbocycles. The van der Waals surface area contributed by atoms with E-state index in [0.29, 0.717) is 0 Å². The van der Waals surface area contributed by atoms with Crippen LogP contribution < -0.4 is 5.32 Å². The van der Waals surface area contributed by atoms with Gasteiger partial charge in [-0.25, -0.2) is 13.7 Å². The summed E-state index contributed by atoms with van der Waals surface area (Å²) in [6.07, 6.45) is 10.6. The molecule has 1 aliphatic heterocycles. The summed E-state index contributed by atoms with van der Waals surface area (Å²) in [6.45, 7) is 11.4. The number of nitrogens with zero attached hydrogens (tertiary/aromatic N) is 2. The number of aromatic nitrogens is 1. The number of fused-ring (bicyclic) bond motifs is 1. The van der Waals surface area contributed by atoms with Crippen molar-refractivity contribution in [3.8, 4) is 0 Å². The van der Waals surface area contributed by atoms with Crippen molar-refractivity contribution in [1.82, 2.24) is 14.6 Å². The molecule has 0 amide bonds. The molecule has 2 heterocycles. The minimum absolute atomic E-state index is 0.282. The summed E-state index contributed by atoms with van der Waals surface area (Å²) in [5, 5.41) is 13.4. The highest BCUT2D eigenvalue weighted by molar-refractivity contribution is 8.01. The van der Waals surface area contributed by atoms with E-state index in [1.54, 1.807) is 35.6 Å². The van der Waals surface area contributed by atoms with E-state index in [1.165, 1.54) is 11.8 Å². The van der Waals surface area contributed by atoms with Crippen molar-refractivity contribution in [2.45, 2.75) is 19.8 Å². The minimum Gasteiger partial charge on any atom is -0.364 e. The Morgan fingerprint density at radius 3 is 3.04 bits per heavy atom. The highest BCUT2D eigenvalue weighted by Crippen LogP contribution is 2.53. The smallest absolute Gasteiger partial charge is 0.159 e. The van der Waals surface area contributed by atoms with Crippen LogP contribution in [0, 0.1) is 10.8 Å². The summed E-state index contributed by atoms with van der Waals surface area (Å²) in [7, 11) is 0. The fourth-order valence-electron chi connectivity index (χ4n) is 3.79. The first-order chi connectivity index (χ1) is 13.5. The zero-order chi connectivity index (χ0) is 20.1. The van der Waals surface area contributed by atoms with E-state index in [0.717, 1.165) is 52.6 Å². The monoisotopic (exact) mass is 416 g/mol. The standard InChI is InChI=1S/C21H25FN4S2/c1-4-19(12-24-14-22)28-26-7-5-18-9-15(2)17(11-23)10-21(18,13-26)16(3)20-25-6-8-27-20/h4,6,8-9,11-12,23-24H,1,3,5,7,10,13-14H2,2H3/b19-12+,23-11?. The molecule has 7 heteroatoms. The van der Waals surface area contributed by atoms with Crippen LogP contribution in [-0.4, -0.2) is 35.4 Å². The second kappa shape index (κ2) is 9.03. The maximum atomic E-state index is 12.5. The fourth-order valence-corrected chi connectivity index (χ4v) is 5.48. The van der Waals surface area contributed by atoms with Crippen molar-refractivity contribution in [2.24, 2.45) is 5.41 Å². The van der Waals surface area contributed by atoms with Gasteiger partial charge in [0.05, 0.1) is 0 Å². The molecule has 1 aromatic heterocycles. The third-order valence-corrected chi connectivity index (χ3v) is 7.18. The van der Waals surface area contributed by atoms with Crippen LogP contribution in [0.5, 0.6) is 0 Å². The quantitative estimate of drug-likeness (QED) is 0.260. The maximum absolute atomic E-state index is 12.5. The number of piperidine rings is 1. The van der Waals surface area contributed by atoms with Gasteiger partial charge in [-0.05, 0) is 48.4 Å². The number of rotatable bonds is 8. The lowest BCUT2D eigenvalue weighted by atomic mass is 9.64. The Labute approximate surface area is 174 Å². The Morgan fingerprint density at radius 1 is 1.57 bits per heavy atom. The van der Waals surface area contributed by atoms with Crippen LogP contribution in [0.1, 0.15) is 24.8 Å². The number of nitrogens with one attached hydrogen (secondary N) is 2. The molecule has 0 radical (unpaired) electrons. The van der Waals surface area contributed by atoms with Crippen LogP contribution in [0.3, 0.4) is 0 Å². The number of hydrogen-bond donors (Lipinski definition) is 2. The van der Waals surface area contributed by atoms with Crippen molar-refractivity contribution in [1.29, 1.82) is 5.41 Å². The molecule has 148 valence electrons. The van der Waals surface area contributed by atoms with Gasteiger partial charge < -0.3 is 10.7 Å². The van der Waals surface area contributed by atoms with Crippen LogP contribution in [0.15, 0.2) is 64.7 Å². The molecule has 1 atom stereocenters. The highest BCUT2D eigenvalue weighted by atomic mass is 32.2. The van der Waals surface area contributed by atoms with Crippen LogP contribution in [-0.2, 0) is 0 Å². The predicted molar refractivity (Wildman–Crippen MR) is 119 cm³/mol. The Balaban J connectivity index is 1.94. The van der Waals surface area contributed by atoms with Crippen molar-refractivity contribution in [3.05, 3.63) is 69.7 Å². The number of halogens is 1. The van der Waals surface area contributed by atoms with Gasteiger partial charge in [0.25, 0.3) is 0 Å². The lowest BCUT2D eigenvalue weighted by Crippen LogP contribution is -2.44. The van der Waals surface area contributed by atoms with Gasteiger partial charge in [0, 0.05) is 47.4 Å². The largest absolute Gasteiger partial charge is 0.364 e. The first-order valence-electron chi connectivity index (χ1n) is 9.09. The summed E-state index contributed by atoms with van der Waals surface area (Å²) < 4.78 is 14.8. The van der Waals surface area contributed by atoms with Gasteiger partial charge in [0.15, 0.2) is 6.80 Å². The predicted octanol–water partition coefficient (Wildman–Crippen LogP) is 5.34. The maximum Gasteiger partial charge on any atom is 0.159 e. The zero-order valence-electron chi connectivity index (χ0n) is 16.0. The molecule has 0 aromatic carbocycles. The Morgan fingerprint density at radius 2 is 2.39 bits per heavy atom. The summed E-state index contributed by atoms with van der Waals surface area (Å²) in [4.78, 5) is 5.37. The lowest BCUT2D eigenvalue weighted by Gasteiger charge is -2.47. The molecule has 2 N–H and O–H groups in total. The van der Waals surface area contributed by atoms with E-state index in [1.807, 2.05) is 11.6 Å². The fraction of sp³-hybridized carbons (Fsp3) is 0.333. The Kier molecular flexibility index (Phi) is 6.69. The molecule has 1 fully saturated rings. The molecule has 1 aromatic rings. The summed E-state index contributed by atoms with van der Waals surface area (Å²) in [5.74, 6) is 0. The van der Waals surface area contributed by atoms with E-state index in [2.05, 4.69) is 40.8 Å². The number of allylic oxidation sites excluding steroid dienone is 4. The summed E-state index contributed by atoms with van der Waals surface area (Å²) in [5.41, 5.74) is 4.28. The second-order valence-corrected chi connectivity index (χ2v) is 8.96. The van der Waals surface area contributed by atoms with Gasteiger partial charge in [-0.3, -0.25) is 0 Å². The molecule has 1 unspecified atom stereocenters. The second-order valence-electron chi connectivity index (χ2n) is 6.89. The number of thiazole rings is 1. The molecule has 4 nitrogen and oxygen atoms in total. The molecule has 0 spiro atoms. The molecule has 1 aliphatic carbocycles. The average molecular weight is 417 g/mol. The van der Waals surface area contributed by atoms with Crippen molar-refractivity contribution in [3.63, 3.8) is 0 Å². The van der Waals surface area contributed by atoms with Crippen LogP contribution >= 0.6 is 23.3 Å². The van der Waals surface area contributed by atoms with Crippen LogP contribution in [0.4, 0.5) is 4.39 Å². The van der Waals surface area contributed by atoms with E-state index in [4.69, 9.17) is 5.41 Å². The zero-order valence-corrected chi connectivity index (χ0v) is 17.6. The topological polar surface area (TPSA) is 52.0 Å². The molecular weight excluding hydrogens is 391 g/mol. The Hall–Kier alpha value is -1.96. The first-order valence-corrected chi connectivity index (χ1v) is 10.7. The molecular formula is C21H25FN4S2. The highest BCUT2D eigenvalue weighted by Gasteiger charge is 2.45. The normalized spacial score (nSPS) is 23.1. The lowest BCUT2D eigenvalue weighted by molar-refractivity contribution is 0.288. The van der Waals surface area contributed by atoms with Gasteiger partial charge in [-0.15, -0.1) is 11.3 Å². The van der Waals surface area contributed by atoms with Crippen molar-refractivity contribution >= 4 is 35.1 Å². The SMILES string of the molecule is C=C/C(=C\NCF)SN1CCC2=CC(C)=C(C=N)CC2(C(=C)c2nccs2)C1. The van der Waals surface area contributed by atoms with Crippen LogP contribution in [0.25, 0.3) is 5.57 Å². The summed E-state index contributed by atoms with van der Waals surface area (Å²) in [6, 6.07) is 0. The summed E-state index contributed by atoms with van der Waals surface area (Å²) >= 11 is 3.17. The van der Waals surface area contributed by atoms with Crippen molar-refractivity contribution < 1.29 is 4.39 Å². The molecule has 2 aliphatic rings. The van der Waals surface area contributed by atoms with Gasteiger partial charge in [0.2, 0.25) is 0 Å². The molecule has 0 bridgehead atoms. The minimum atomic E-state index is -0.609. The third-order valence-electron chi connectivity index (χ3n) is 5.28. The number of alkyl halides is 1. The third kappa shape index (κ3) is 4.06. The van der Waals surface area contributed by atoms with Gasteiger partial charge in [-0.2, -0.15) is 0 Å². The van der Waals surface area contributed by atoms with Gasteiger partial charge >= 0.3 is 0 Å². The number of hydrogen-bond acceptors (Lipinski definition) is 6. The van der Waals surface area contributed by atoms with Crippen molar-refractivity contribution in [2.75, 3.05) is 19.9 Å². The van der Waals surface area contributed by atoms with E-state index in [-0.39, 0.29) is 5.41 Å². The van der Waals surface area contributed by atoms with Gasteiger partial charge in [-0.1, -0.05) is 30.9 Å². The van der Waals surface area contributed by atoms with E-state index in [9.17, 15) is 4.39 Å². The molecule has 1 saturated heterocycles. The van der Waals surface area contributed by atoms with Crippen LogP contribution in [0.2, 0.25) is 0 Å². The van der Waals surface area contributed by atoms with E-state index >= 15 is 0 Å². The molecule has 3 rings (SSSR count).